The summed E-state index contributed by atoms with van der Waals surface area (Å²) in [6.07, 6.45) is 3.31. The van der Waals surface area contributed by atoms with Gasteiger partial charge in [0, 0.05) is 39.4 Å². The number of hydrogen-bond donors (Lipinski definition) is 2. The summed E-state index contributed by atoms with van der Waals surface area (Å²) in [5.41, 5.74) is 0.652. The average Bonchev–Trinajstić information content (AvgIpc) is 2.83. The standard InChI is InChI=1S/C12H19N5O3/c1-9(11(18)19)16-3-5-17(6-4-16)12(20)14-10-7-13-15(2)8-10/h7-9H,3-6H2,1-2H3,(H,14,20)(H,18,19). The fraction of sp³-hybridized carbons (Fsp3) is 0.583. The van der Waals surface area contributed by atoms with E-state index in [0.717, 1.165) is 0 Å². The lowest BCUT2D eigenvalue weighted by molar-refractivity contribution is -0.143. The number of rotatable bonds is 3. The molecule has 2 N–H and O–H groups in total. The zero-order chi connectivity index (χ0) is 14.7. The third-order valence-electron chi connectivity index (χ3n) is 3.46. The number of carboxylic acid groups (broad SMARTS) is 1. The molecule has 0 aromatic carbocycles. The van der Waals surface area contributed by atoms with Gasteiger partial charge in [-0.15, -0.1) is 0 Å². The zero-order valence-electron chi connectivity index (χ0n) is 11.6. The molecule has 110 valence electrons. The molecule has 8 nitrogen and oxygen atoms in total. The Hall–Kier alpha value is -2.09. The Bertz CT molecular complexity index is 493. The Kier molecular flexibility index (Phi) is 4.23. The average molecular weight is 281 g/mol. The minimum atomic E-state index is -0.835. The predicted molar refractivity (Wildman–Crippen MR) is 72.5 cm³/mol. The number of urea groups is 1. The van der Waals surface area contributed by atoms with Gasteiger partial charge in [0.25, 0.3) is 0 Å². The van der Waals surface area contributed by atoms with Crippen molar-refractivity contribution in [3.63, 3.8) is 0 Å². The van der Waals surface area contributed by atoms with Crippen LogP contribution in [0.2, 0.25) is 0 Å². The van der Waals surface area contributed by atoms with E-state index in [1.54, 1.807) is 35.9 Å². The van der Waals surface area contributed by atoms with Crippen LogP contribution in [0.3, 0.4) is 0 Å². The number of aliphatic carboxylic acids is 1. The quantitative estimate of drug-likeness (QED) is 0.816. The SMILES string of the molecule is CC(C(=O)O)N1CCN(C(=O)Nc2cnn(C)c2)CC1. The highest BCUT2D eigenvalue weighted by molar-refractivity contribution is 5.89. The van der Waals surface area contributed by atoms with Crippen molar-refractivity contribution in [2.45, 2.75) is 13.0 Å². The highest BCUT2D eigenvalue weighted by Gasteiger charge is 2.27. The smallest absolute Gasteiger partial charge is 0.322 e. The number of aromatic nitrogens is 2. The van der Waals surface area contributed by atoms with E-state index < -0.39 is 12.0 Å². The molecule has 1 aromatic rings. The first-order chi connectivity index (χ1) is 9.47. The molecule has 20 heavy (non-hydrogen) atoms. The Labute approximate surface area is 117 Å². The Morgan fingerprint density at radius 1 is 1.35 bits per heavy atom. The van der Waals surface area contributed by atoms with Crippen LogP contribution in [0.5, 0.6) is 0 Å². The summed E-state index contributed by atoms with van der Waals surface area (Å²) in [4.78, 5) is 26.5. The van der Waals surface area contributed by atoms with Crippen molar-refractivity contribution >= 4 is 17.7 Å². The van der Waals surface area contributed by atoms with Crippen LogP contribution in [-0.2, 0) is 11.8 Å². The number of aryl methyl sites for hydroxylation is 1. The molecule has 0 radical (unpaired) electrons. The monoisotopic (exact) mass is 281 g/mol. The number of carboxylic acids is 1. The van der Waals surface area contributed by atoms with Gasteiger partial charge in [0.2, 0.25) is 0 Å². The van der Waals surface area contributed by atoms with Crippen molar-refractivity contribution in [3.05, 3.63) is 12.4 Å². The fourth-order valence-corrected chi connectivity index (χ4v) is 2.16. The van der Waals surface area contributed by atoms with Crippen LogP contribution >= 0.6 is 0 Å². The van der Waals surface area contributed by atoms with E-state index in [4.69, 9.17) is 5.11 Å². The summed E-state index contributed by atoms with van der Waals surface area (Å²) in [5, 5.41) is 15.7. The molecular weight excluding hydrogens is 262 g/mol. The number of carbonyl (C=O) groups is 2. The summed E-state index contributed by atoms with van der Waals surface area (Å²) in [6, 6.07) is -0.695. The largest absolute Gasteiger partial charge is 0.480 e. The minimum Gasteiger partial charge on any atom is -0.480 e. The van der Waals surface area contributed by atoms with Gasteiger partial charge in [-0.05, 0) is 6.92 Å². The van der Waals surface area contributed by atoms with Gasteiger partial charge in [-0.1, -0.05) is 0 Å². The van der Waals surface area contributed by atoms with Gasteiger partial charge in [0.1, 0.15) is 6.04 Å². The second-order valence-corrected chi connectivity index (χ2v) is 4.87. The number of amides is 2. The molecule has 0 aliphatic carbocycles. The number of nitrogens with one attached hydrogen (secondary N) is 1. The van der Waals surface area contributed by atoms with Gasteiger partial charge in [-0.25, -0.2) is 4.79 Å². The van der Waals surface area contributed by atoms with E-state index in [2.05, 4.69) is 10.4 Å². The first kappa shape index (κ1) is 14.3. The Morgan fingerprint density at radius 2 is 2.00 bits per heavy atom. The van der Waals surface area contributed by atoms with E-state index in [1.165, 1.54) is 0 Å². The van der Waals surface area contributed by atoms with Crippen LogP contribution in [0.15, 0.2) is 12.4 Å². The molecule has 1 aliphatic heterocycles. The van der Waals surface area contributed by atoms with E-state index in [9.17, 15) is 9.59 Å². The highest BCUT2D eigenvalue weighted by atomic mass is 16.4. The number of carbonyl (C=O) groups excluding carboxylic acids is 1. The molecule has 2 rings (SSSR count). The third-order valence-corrected chi connectivity index (χ3v) is 3.46. The van der Waals surface area contributed by atoms with Gasteiger partial charge >= 0.3 is 12.0 Å². The van der Waals surface area contributed by atoms with Gasteiger partial charge < -0.3 is 15.3 Å². The number of hydrogen-bond acceptors (Lipinski definition) is 4. The summed E-state index contributed by atoms with van der Waals surface area (Å²) >= 11 is 0. The fourth-order valence-electron chi connectivity index (χ4n) is 2.16. The van der Waals surface area contributed by atoms with Crippen LogP contribution in [0.1, 0.15) is 6.92 Å². The van der Waals surface area contributed by atoms with E-state index >= 15 is 0 Å². The Balaban J connectivity index is 1.84. The van der Waals surface area contributed by atoms with Crippen molar-refractivity contribution in [2.24, 2.45) is 7.05 Å². The van der Waals surface area contributed by atoms with Crippen LogP contribution in [0.25, 0.3) is 0 Å². The lowest BCUT2D eigenvalue weighted by Crippen LogP contribution is -2.53. The van der Waals surface area contributed by atoms with Crippen molar-refractivity contribution < 1.29 is 14.7 Å². The first-order valence-corrected chi connectivity index (χ1v) is 6.49. The number of piperazine rings is 1. The lowest BCUT2D eigenvalue weighted by atomic mass is 10.2. The van der Waals surface area contributed by atoms with Crippen molar-refractivity contribution in [1.82, 2.24) is 19.6 Å². The molecule has 1 unspecified atom stereocenters. The van der Waals surface area contributed by atoms with Crippen LogP contribution in [-0.4, -0.2) is 68.9 Å². The van der Waals surface area contributed by atoms with E-state index in [1.807, 2.05) is 4.90 Å². The molecule has 2 amide bonds. The maximum absolute atomic E-state index is 12.0. The summed E-state index contributed by atoms with van der Waals surface area (Å²) < 4.78 is 1.61. The van der Waals surface area contributed by atoms with Crippen LogP contribution < -0.4 is 5.32 Å². The molecule has 1 saturated heterocycles. The van der Waals surface area contributed by atoms with Crippen molar-refractivity contribution in [1.29, 1.82) is 0 Å². The molecule has 0 bridgehead atoms. The van der Waals surface area contributed by atoms with Crippen LogP contribution in [0.4, 0.5) is 10.5 Å². The molecule has 0 spiro atoms. The van der Waals surface area contributed by atoms with Gasteiger partial charge in [-0.2, -0.15) is 5.10 Å². The first-order valence-electron chi connectivity index (χ1n) is 6.49. The van der Waals surface area contributed by atoms with E-state index in [-0.39, 0.29) is 6.03 Å². The number of anilines is 1. The maximum atomic E-state index is 12.0. The molecule has 1 aliphatic rings. The molecule has 1 fully saturated rings. The van der Waals surface area contributed by atoms with Crippen molar-refractivity contribution in [3.8, 4) is 0 Å². The third kappa shape index (κ3) is 3.27. The summed E-state index contributed by atoms with van der Waals surface area (Å²) in [6.45, 7) is 3.82. The predicted octanol–water partition coefficient (Wildman–Crippen LogP) is 0.0427. The highest BCUT2D eigenvalue weighted by Crippen LogP contribution is 2.10. The molecule has 2 heterocycles. The minimum absolute atomic E-state index is 0.180. The second-order valence-electron chi connectivity index (χ2n) is 4.87. The zero-order valence-corrected chi connectivity index (χ0v) is 11.6. The summed E-state index contributed by atoms with van der Waals surface area (Å²) in [5.74, 6) is -0.835. The molecule has 1 atom stereocenters. The van der Waals surface area contributed by atoms with E-state index in [0.29, 0.717) is 31.9 Å². The van der Waals surface area contributed by atoms with Crippen molar-refractivity contribution in [2.75, 3.05) is 31.5 Å². The van der Waals surface area contributed by atoms with Gasteiger partial charge in [-0.3, -0.25) is 14.4 Å². The molecule has 8 heteroatoms. The molecule has 0 saturated carbocycles. The maximum Gasteiger partial charge on any atom is 0.322 e. The second kappa shape index (κ2) is 5.91. The van der Waals surface area contributed by atoms with Gasteiger partial charge in [0.15, 0.2) is 0 Å². The Morgan fingerprint density at radius 3 is 2.50 bits per heavy atom. The topological polar surface area (TPSA) is 90.7 Å². The molecule has 1 aromatic heterocycles. The van der Waals surface area contributed by atoms with Crippen LogP contribution in [0, 0.1) is 0 Å². The normalized spacial score (nSPS) is 17.8. The molecular formula is C12H19N5O3. The lowest BCUT2D eigenvalue weighted by Gasteiger charge is -2.36. The summed E-state index contributed by atoms with van der Waals surface area (Å²) in [7, 11) is 1.78. The van der Waals surface area contributed by atoms with Gasteiger partial charge in [0.05, 0.1) is 11.9 Å². The number of nitrogens with zero attached hydrogens (tertiary/aromatic N) is 4.